The number of nitrogens with one attached hydrogen (secondary N) is 2. The molecule has 28 heavy (non-hydrogen) atoms. The SMILES string of the molecule is CC(O)(CN=C(NCCc1ccco1)NCCc1cccs1)c1ccccc1. The third-order valence-corrected chi connectivity index (χ3v) is 5.36. The molecule has 0 saturated carbocycles. The normalized spacial score (nSPS) is 13.9. The van der Waals surface area contributed by atoms with Gasteiger partial charge in [0.2, 0.25) is 0 Å². The Morgan fingerprint density at radius 1 is 1.04 bits per heavy atom. The summed E-state index contributed by atoms with van der Waals surface area (Å²) < 4.78 is 5.38. The molecule has 0 aliphatic heterocycles. The standard InChI is InChI=1S/C22H27N3O2S/c1-22(26,18-7-3-2-4-8-18)17-25-21(23-13-11-19-9-5-15-27-19)24-14-12-20-10-6-16-28-20/h2-10,15-16,26H,11-14,17H2,1H3,(H2,23,24,25). The zero-order valence-electron chi connectivity index (χ0n) is 16.1. The number of aliphatic imine (C=N–C) groups is 1. The molecule has 0 aliphatic rings. The summed E-state index contributed by atoms with van der Waals surface area (Å²) in [5, 5.41) is 19.6. The molecule has 1 atom stereocenters. The summed E-state index contributed by atoms with van der Waals surface area (Å²) in [6.07, 6.45) is 3.39. The van der Waals surface area contributed by atoms with E-state index in [1.54, 1.807) is 24.5 Å². The van der Waals surface area contributed by atoms with Crippen LogP contribution in [0.25, 0.3) is 0 Å². The number of rotatable bonds is 9. The topological polar surface area (TPSA) is 69.8 Å². The summed E-state index contributed by atoms with van der Waals surface area (Å²) in [5.41, 5.74) is -0.169. The second-order valence-corrected chi connectivity index (χ2v) is 7.85. The molecule has 0 amide bonds. The van der Waals surface area contributed by atoms with Gasteiger partial charge in [-0.15, -0.1) is 11.3 Å². The lowest BCUT2D eigenvalue weighted by Crippen LogP contribution is -2.40. The van der Waals surface area contributed by atoms with Crippen LogP contribution in [-0.2, 0) is 18.4 Å². The first kappa shape index (κ1) is 20.2. The number of hydrogen-bond donors (Lipinski definition) is 3. The molecular weight excluding hydrogens is 370 g/mol. The Morgan fingerprint density at radius 3 is 2.50 bits per heavy atom. The first-order valence-electron chi connectivity index (χ1n) is 9.48. The monoisotopic (exact) mass is 397 g/mol. The Kier molecular flexibility index (Phi) is 7.28. The van der Waals surface area contributed by atoms with Crippen LogP contribution in [0, 0.1) is 0 Å². The highest BCUT2D eigenvalue weighted by molar-refractivity contribution is 7.09. The number of benzene rings is 1. The molecule has 1 unspecified atom stereocenters. The molecular formula is C22H27N3O2S. The molecule has 148 valence electrons. The summed E-state index contributed by atoms with van der Waals surface area (Å²) in [6.45, 7) is 3.54. The third-order valence-electron chi connectivity index (χ3n) is 4.43. The Bertz CT molecular complexity index is 786. The Morgan fingerprint density at radius 2 is 1.82 bits per heavy atom. The fourth-order valence-electron chi connectivity index (χ4n) is 2.81. The van der Waals surface area contributed by atoms with E-state index in [0.717, 1.165) is 30.7 Å². The van der Waals surface area contributed by atoms with Gasteiger partial charge in [0.15, 0.2) is 5.96 Å². The molecule has 0 saturated heterocycles. The van der Waals surface area contributed by atoms with E-state index in [2.05, 4.69) is 33.1 Å². The Labute approximate surface area is 170 Å². The average Bonchev–Trinajstić information content (AvgIpc) is 3.40. The molecule has 0 spiro atoms. The van der Waals surface area contributed by atoms with Gasteiger partial charge in [0.25, 0.3) is 0 Å². The van der Waals surface area contributed by atoms with Crippen LogP contribution in [0.1, 0.15) is 23.1 Å². The van der Waals surface area contributed by atoms with Crippen LogP contribution in [0.15, 0.2) is 75.7 Å². The van der Waals surface area contributed by atoms with E-state index in [4.69, 9.17) is 4.42 Å². The van der Waals surface area contributed by atoms with Crippen molar-refractivity contribution in [2.75, 3.05) is 19.6 Å². The van der Waals surface area contributed by atoms with Crippen molar-refractivity contribution < 1.29 is 9.52 Å². The van der Waals surface area contributed by atoms with Gasteiger partial charge in [-0.25, -0.2) is 4.99 Å². The quantitative estimate of drug-likeness (QED) is 0.381. The Balaban J connectivity index is 1.58. The van der Waals surface area contributed by atoms with Crippen LogP contribution in [0.4, 0.5) is 0 Å². The fourth-order valence-corrected chi connectivity index (χ4v) is 3.52. The number of hydrogen-bond acceptors (Lipinski definition) is 4. The third kappa shape index (κ3) is 6.25. The molecule has 3 rings (SSSR count). The van der Waals surface area contributed by atoms with Crippen molar-refractivity contribution in [1.29, 1.82) is 0 Å². The van der Waals surface area contributed by atoms with E-state index < -0.39 is 5.60 Å². The van der Waals surface area contributed by atoms with Gasteiger partial charge >= 0.3 is 0 Å². The zero-order chi connectivity index (χ0) is 19.7. The van der Waals surface area contributed by atoms with Crippen LogP contribution in [0.3, 0.4) is 0 Å². The summed E-state index contributed by atoms with van der Waals surface area (Å²) in [4.78, 5) is 5.96. The van der Waals surface area contributed by atoms with Crippen LogP contribution in [0.5, 0.6) is 0 Å². The highest BCUT2D eigenvalue weighted by Crippen LogP contribution is 2.20. The largest absolute Gasteiger partial charge is 0.469 e. The van der Waals surface area contributed by atoms with Gasteiger partial charge in [0.05, 0.1) is 12.8 Å². The summed E-state index contributed by atoms with van der Waals surface area (Å²) in [6, 6.07) is 17.7. The van der Waals surface area contributed by atoms with Gasteiger partial charge in [0, 0.05) is 24.4 Å². The minimum atomic E-state index is -1.02. The minimum absolute atomic E-state index is 0.270. The number of furan rings is 1. The lowest BCUT2D eigenvalue weighted by molar-refractivity contribution is 0.0672. The summed E-state index contributed by atoms with van der Waals surface area (Å²) in [5.74, 6) is 1.63. The lowest BCUT2D eigenvalue weighted by Gasteiger charge is -2.22. The number of nitrogens with zero attached hydrogens (tertiary/aromatic N) is 1. The van der Waals surface area contributed by atoms with Crippen molar-refractivity contribution in [3.8, 4) is 0 Å². The van der Waals surface area contributed by atoms with Crippen molar-refractivity contribution in [2.45, 2.75) is 25.4 Å². The fraction of sp³-hybridized carbons (Fsp3) is 0.318. The van der Waals surface area contributed by atoms with Crippen molar-refractivity contribution in [1.82, 2.24) is 10.6 Å². The Hall–Kier alpha value is -2.57. The molecule has 6 heteroatoms. The van der Waals surface area contributed by atoms with E-state index >= 15 is 0 Å². The highest BCUT2D eigenvalue weighted by Gasteiger charge is 2.22. The molecule has 1 aromatic carbocycles. The van der Waals surface area contributed by atoms with Crippen molar-refractivity contribution in [2.24, 2.45) is 4.99 Å². The highest BCUT2D eigenvalue weighted by atomic mass is 32.1. The van der Waals surface area contributed by atoms with E-state index in [0.29, 0.717) is 12.5 Å². The zero-order valence-corrected chi connectivity index (χ0v) is 16.9. The molecule has 3 N–H and O–H groups in total. The summed E-state index contributed by atoms with van der Waals surface area (Å²) >= 11 is 1.75. The van der Waals surface area contributed by atoms with Crippen molar-refractivity contribution in [3.63, 3.8) is 0 Å². The molecule has 3 aromatic rings. The van der Waals surface area contributed by atoms with Gasteiger partial charge in [0.1, 0.15) is 11.4 Å². The molecule has 5 nitrogen and oxygen atoms in total. The van der Waals surface area contributed by atoms with Gasteiger partial charge in [-0.05, 0) is 42.5 Å². The lowest BCUT2D eigenvalue weighted by atomic mass is 9.96. The van der Waals surface area contributed by atoms with Crippen LogP contribution in [0.2, 0.25) is 0 Å². The number of guanidine groups is 1. The first-order valence-corrected chi connectivity index (χ1v) is 10.4. The smallest absolute Gasteiger partial charge is 0.191 e. The minimum Gasteiger partial charge on any atom is -0.469 e. The van der Waals surface area contributed by atoms with E-state index in [1.165, 1.54) is 4.88 Å². The second kappa shape index (κ2) is 10.1. The maximum atomic E-state index is 10.8. The van der Waals surface area contributed by atoms with E-state index in [1.807, 2.05) is 42.5 Å². The van der Waals surface area contributed by atoms with E-state index in [9.17, 15) is 5.11 Å². The van der Waals surface area contributed by atoms with Crippen molar-refractivity contribution >= 4 is 17.3 Å². The predicted octanol–water partition coefficient (Wildman–Crippen LogP) is 3.57. The maximum Gasteiger partial charge on any atom is 0.191 e. The molecule has 0 radical (unpaired) electrons. The number of aliphatic hydroxyl groups is 1. The molecule has 0 aliphatic carbocycles. The average molecular weight is 398 g/mol. The maximum absolute atomic E-state index is 10.8. The van der Waals surface area contributed by atoms with Gasteiger partial charge in [-0.1, -0.05) is 36.4 Å². The predicted molar refractivity (Wildman–Crippen MR) is 115 cm³/mol. The number of thiophene rings is 1. The second-order valence-electron chi connectivity index (χ2n) is 6.82. The molecule has 0 bridgehead atoms. The van der Waals surface area contributed by atoms with Crippen molar-refractivity contribution in [3.05, 3.63) is 82.4 Å². The molecule has 2 aromatic heterocycles. The first-order chi connectivity index (χ1) is 13.6. The molecule has 0 fully saturated rings. The van der Waals surface area contributed by atoms with Gasteiger partial charge in [-0.3, -0.25) is 0 Å². The van der Waals surface area contributed by atoms with Gasteiger partial charge in [-0.2, -0.15) is 0 Å². The van der Waals surface area contributed by atoms with Crippen LogP contribution in [-0.4, -0.2) is 30.7 Å². The van der Waals surface area contributed by atoms with E-state index in [-0.39, 0.29) is 6.54 Å². The summed E-state index contributed by atoms with van der Waals surface area (Å²) in [7, 11) is 0. The van der Waals surface area contributed by atoms with Crippen LogP contribution < -0.4 is 10.6 Å². The van der Waals surface area contributed by atoms with Crippen LogP contribution >= 0.6 is 11.3 Å². The molecule has 2 heterocycles. The van der Waals surface area contributed by atoms with Gasteiger partial charge < -0.3 is 20.2 Å².